The minimum absolute atomic E-state index is 0.138. The fourth-order valence-corrected chi connectivity index (χ4v) is 2.59. The van der Waals surface area contributed by atoms with Gasteiger partial charge in [0, 0.05) is 6.04 Å². The molecule has 0 saturated carbocycles. The van der Waals surface area contributed by atoms with Gasteiger partial charge in [-0.2, -0.15) is 0 Å². The number of benzene rings is 1. The molecule has 1 atom stereocenters. The Bertz CT molecular complexity index is 454. The molecule has 104 valence electrons. The van der Waals surface area contributed by atoms with E-state index in [0.717, 1.165) is 25.8 Å². The molecule has 2 rings (SSSR count). The second-order valence-corrected chi connectivity index (χ2v) is 5.10. The molecular formula is C16H21F2N. The molecule has 1 aromatic rings. The fraction of sp³-hybridized carbons (Fsp3) is 0.500. The Hall–Kier alpha value is -1.22. The maximum absolute atomic E-state index is 13.7. The van der Waals surface area contributed by atoms with Crippen LogP contribution in [0.2, 0.25) is 0 Å². The lowest BCUT2D eigenvalue weighted by molar-refractivity contribution is 0.484. The summed E-state index contributed by atoms with van der Waals surface area (Å²) in [5.74, 6) is -1.46. The highest BCUT2D eigenvalue weighted by Crippen LogP contribution is 2.24. The van der Waals surface area contributed by atoms with E-state index in [-0.39, 0.29) is 6.04 Å². The lowest BCUT2D eigenvalue weighted by Gasteiger charge is -2.20. The van der Waals surface area contributed by atoms with E-state index in [1.165, 1.54) is 18.1 Å². The van der Waals surface area contributed by atoms with Gasteiger partial charge in [0.15, 0.2) is 11.6 Å². The van der Waals surface area contributed by atoms with E-state index in [9.17, 15) is 8.78 Å². The Morgan fingerprint density at radius 3 is 2.84 bits per heavy atom. The predicted molar refractivity (Wildman–Crippen MR) is 74.1 cm³/mol. The van der Waals surface area contributed by atoms with E-state index >= 15 is 0 Å². The summed E-state index contributed by atoms with van der Waals surface area (Å²) in [6.45, 7) is 3.01. The summed E-state index contributed by atoms with van der Waals surface area (Å²) in [5, 5.41) is 3.45. The van der Waals surface area contributed by atoms with E-state index in [2.05, 4.69) is 18.3 Å². The Kier molecular flexibility index (Phi) is 5.08. The first-order valence-corrected chi connectivity index (χ1v) is 7.07. The first kappa shape index (κ1) is 14.2. The van der Waals surface area contributed by atoms with Gasteiger partial charge in [0.2, 0.25) is 0 Å². The van der Waals surface area contributed by atoms with Crippen molar-refractivity contribution in [2.45, 2.75) is 45.1 Å². The Balaban J connectivity index is 2.12. The average molecular weight is 265 g/mol. The third kappa shape index (κ3) is 3.63. The lowest BCUT2D eigenvalue weighted by atomic mass is 9.97. The number of nitrogens with one attached hydrogen (secondary N) is 1. The molecule has 0 aromatic heterocycles. The Labute approximate surface area is 113 Å². The number of allylic oxidation sites excluding steroid dienone is 1. The molecular weight excluding hydrogens is 244 g/mol. The lowest BCUT2D eigenvalue weighted by Crippen LogP contribution is -2.33. The van der Waals surface area contributed by atoms with Gasteiger partial charge < -0.3 is 5.32 Å². The molecule has 1 aliphatic rings. The molecule has 1 nitrogen and oxygen atoms in total. The van der Waals surface area contributed by atoms with Crippen LogP contribution >= 0.6 is 0 Å². The smallest absolute Gasteiger partial charge is 0.162 e. The third-order valence-corrected chi connectivity index (χ3v) is 3.62. The Morgan fingerprint density at radius 2 is 2.16 bits per heavy atom. The number of hydrogen-bond acceptors (Lipinski definition) is 1. The molecule has 0 aliphatic heterocycles. The van der Waals surface area contributed by atoms with Crippen molar-refractivity contribution in [3.05, 3.63) is 47.0 Å². The minimum atomic E-state index is -0.757. The first-order chi connectivity index (χ1) is 9.22. The summed E-state index contributed by atoms with van der Waals surface area (Å²) in [6, 6.07) is 4.56. The standard InChI is InChI=1S/C16H21F2N/c1-2-10-19-15(12-6-3-4-7-12)11-13-8-5-9-14(17)16(13)18/h5-6,8-9,15,19H,2-4,7,10-11H2,1H3. The highest BCUT2D eigenvalue weighted by molar-refractivity contribution is 5.24. The molecule has 0 saturated heterocycles. The maximum Gasteiger partial charge on any atom is 0.162 e. The SMILES string of the molecule is CCCNC(Cc1cccc(F)c1F)C1=CCCC1. The molecule has 0 heterocycles. The minimum Gasteiger partial charge on any atom is -0.310 e. The van der Waals surface area contributed by atoms with E-state index in [1.807, 2.05) is 0 Å². The summed E-state index contributed by atoms with van der Waals surface area (Å²) in [6.07, 6.45) is 7.14. The second-order valence-electron chi connectivity index (χ2n) is 5.10. The summed E-state index contributed by atoms with van der Waals surface area (Å²) in [5.41, 5.74) is 1.80. The van der Waals surface area contributed by atoms with Crippen molar-refractivity contribution in [3.63, 3.8) is 0 Å². The van der Waals surface area contributed by atoms with E-state index in [0.29, 0.717) is 12.0 Å². The van der Waals surface area contributed by atoms with Gasteiger partial charge in [-0.3, -0.25) is 0 Å². The van der Waals surface area contributed by atoms with Gasteiger partial charge in [-0.25, -0.2) is 8.78 Å². The molecule has 0 bridgehead atoms. The van der Waals surface area contributed by atoms with Crippen LogP contribution < -0.4 is 5.32 Å². The maximum atomic E-state index is 13.7. The number of halogens is 2. The van der Waals surface area contributed by atoms with E-state index < -0.39 is 11.6 Å². The second kappa shape index (κ2) is 6.80. The molecule has 1 unspecified atom stereocenters. The van der Waals surface area contributed by atoms with Crippen LogP contribution in [0.15, 0.2) is 29.8 Å². The van der Waals surface area contributed by atoms with Crippen LogP contribution in [0.3, 0.4) is 0 Å². The summed E-state index contributed by atoms with van der Waals surface area (Å²) in [7, 11) is 0. The molecule has 19 heavy (non-hydrogen) atoms. The van der Waals surface area contributed by atoms with Gasteiger partial charge in [0.25, 0.3) is 0 Å². The number of rotatable bonds is 6. The normalized spacial score (nSPS) is 16.5. The van der Waals surface area contributed by atoms with E-state index in [1.54, 1.807) is 12.1 Å². The van der Waals surface area contributed by atoms with Crippen LogP contribution in [-0.2, 0) is 6.42 Å². The monoisotopic (exact) mass is 265 g/mol. The van der Waals surface area contributed by atoms with Crippen molar-refractivity contribution in [2.24, 2.45) is 0 Å². The van der Waals surface area contributed by atoms with Gasteiger partial charge in [-0.05, 0) is 50.3 Å². The molecule has 0 spiro atoms. The van der Waals surface area contributed by atoms with Crippen molar-refractivity contribution in [1.29, 1.82) is 0 Å². The topological polar surface area (TPSA) is 12.0 Å². The first-order valence-electron chi connectivity index (χ1n) is 7.07. The predicted octanol–water partition coefficient (Wildman–Crippen LogP) is 3.99. The zero-order valence-electron chi connectivity index (χ0n) is 11.4. The molecule has 0 amide bonds. The van der Waals surface area contributed by atoms with Crippen LogP contribution in [0.5, 0.6) is 0 Å². The van der Waals surface area contributed by atoms with Crippen molar-refractivity contribution < 1.29 is 8.78 Å². The molecule has 0 radical (unpaired) electrons. The van der Waals surface area contributed by atoms with Crippen molar-refractivity contribution >= 4 is 0 Å². The summed E-state index contributed by atoms with van der Waals surface area (Å²) < 4.78 is 27.0. The van der Waals surface area contributed by atoms with Crippen LogP contribution in [0, 0.1) is 11.6 Å². The van der Waals surface area contributed by atoms with E-state index in [4.69, 9.17) is 0 Å². The summed E-state index contributed by atoms with van der Waals surface area (Å²) in [4.78, 5) is 0. The van der Waals surface area contributed by atoms with Crippen molar-refractivity contribution in [3.8, 4) is 0 Å². The van der Waals surface area contributed by atoms with Crippen molar-refractivity contribution in [1.82, 2.24) is 5.32 Å². The molecule has 1 aromatic carbocycles. The van der Waals surface area contributed by atoms with Gasteiger partial charge in [-0.15, -0.1) is 0 Å². The molecule has 1 aliphatic carbocycles. The molecule has 0 fully saturated rings. The van der Waals surface area contributed by atoms with Crippen LogP contribution in [0.25, 0.3) is 0 Å². The van der Waals surface area contributed by atoms with Gasteiger partial charge in [0.1, 0.15) is 0 Å². The third-order valence-electron chi connectivity index (χ3n) is 3.62. The molecule has 3 heteroatoms. The highest BCUT2D eigenvalue weighted by atomic mass is 19.2. The average Bonchev–Trinajstić information content (AvgIpc) is 2.93. The van der Waals surface area contributed by atoms with Gasteiger partial charge in [0.05, 0.1) is 0 Å². The zero-order valence-corrected chi connectivity index (χ0v) is 11.4. The summed E-state index contributed by atoms with van der Waals surface area (Å²) >= 11 is 0. The zero-order chi connectivity index (χ0) is 13.7. The quantitative estimate of drug-likeness (QED) is 0.767. The van der Waals surface area contributed by atoms with Gasteiger partial charge in [-0.1, -0.05) is 30.7 Å². The van der Waals surface area contributed by atoms with Crippen LogP contribution in [-0.4, -0.2) is 12.6 Å². The fourth-order valence-electron chi connectivity index (χ4n) is 2.59. The molecule has 1 N–H and O–H groups in total. The van der Waals surface area contributed by atoms with Crippen LogP contribution in [0.1, 0.15) is 38.2 Å². The van der Waals surface area contributed by atoms with Crippen molar-refractivity contribution in [2.75, 3.05) is 6.54 Å². The largest absolute Gasteiger partial charge is 0.310 e. The highest BCUT2D eigenvalue weighted by Gasteiger charge is 2.19. The van der Waals surface area contributed by atoms with Crippen LogP contribution in [0.4, 0.5) is 8.78 Å². The number of hydrogen-bond donors (Lipinski definition) is 1. The Morgan fingerprint density at radius 1 is 1.32 bits per heavy atom. The van der Waals surface area contributed by atoms with Gasteiger partial charge >= 0.3 is 0 Å².